The van der Waals surface area contributed by atoms with Crippen molar-refractivity contribution in [3.05, 3.63) is 95.6 Å². The van der Waals surface area contributed by atoms with Gasteiger partial charge in [0.25, 0.3) is 0 Å². The van der Waals surface area contributed by atoms with Crippen molar-refractivity contribution in [1.29, 1.82) is 0 Å². The molecule has 0 fully saturated rings. The molecule has 0 saturated heterocycles. The van der Waals surface area contributed by atoms with E-state index in [4.69, 9.17) is 4.74 Å². The molecule has 0 aliphatic rings. The van der Waals surface area contributed by atoms with Gasteiger partial charge in [-0.3, -0.25) is 4.21 Å². The molecule has 0 aromatic heterocycles. The van der Waals surface area contributed by atoms with Crippen molar-refractivity contribution in [1.82, 2.24) is 5.32 Å². The minimum absolute atomic E-state index is 0.153. The topological polar surface area (TPSA) is 58.6 Å². The zero-order valence-electron chi connectivity index (χ0n) is 22.7. The van der Waals surface area contributed by atoms with Gasteiger partial charge < -0.3 is 15.2 Å². The number of phenolic OH excluding ortho intramolecular Hbond substituents is 1. The zero-order chi connectivity index (χ0) is 29.9. The Morgan fingerprint density at radius 3 is 2.02 bits per heavy atom. The fourth-order valence-electron chi connectivity index (χ4n) is 4.28. The number of hydrogen-bond acceptors (Lipinski definition) is 4. The van der Waals surface area contributed by atoms with E-state index in [0.717, 1.165) is 28.7 Å². The number of rotatable bonds is 15. The first-order valence-electron chi connectivity index (χ1n) is 13.3. The first kappa shape index (κ1) is 32.3. The van der Waals surface area contributed by atoms with Gasteiger partial charge in [-0.05, 0) is 64.9 Å². The molecule has 0 saturated carbocycles. The Labute approximate surface area is 239 Å². The molecule has 0 amide bonds. The maximum Gasteiger partial charge on any atom is 0.453 e. The van der Waals surface area contributed by atoms with Gasteiger partial charge in [0.1, 0.15) is 18.1 Å². The molecule has 3 aromatic rings. The average Bonchev–Trinajstić information content (AvgIpc) is 2.94. The second-order valence-corrected chi connectivity index (χ2v) is 11.1. The van der Waals surface area contributed by atoms with Crippen LogP contribution in [-0.2, 0) is 10.8 Å². The van der Waals surface area contributed by atoms with Crippen LogP contribution in [0.1, 0.15) is 42.9 Å². The molecule has 2 N–H and O–H groups in total. The van der Waals surface area contributed by atoms with E-state index in [-0.39, 0.29) is 17.3 Å². The molecular weight excluding hydrogens is 561 g/mol. The van der Waals surface area contributed by atoms with Crippen LogP contribution in [0.4, 0.5) is 22.0 Å². The Hall–Kier alpha value is -3.24. The van der Waals surface area contributed by atoms with Gasteiger partial charge in [0.05, 0.1) is 0 Å². The lowest BCUT2D eigenvalue weighted by atomic mass is 9.88. The number of aromatic hydroxyl groups is 1. The van der Waals surface area contributed by atoms with Crippen molar-refractivity contribution >= 4 is 21.9 Å². The highest BCUT2D eigenvalue weighted by molar-refractivity contribution is 7.84. The van der Waals surface area contributed by atoms with Crippen molar-refractivity contribution in [3.8, 4) is 11.5 Å². The third-order valence-electron chi connectivity index (χ3n) is 6.41. The molecule has 3 aromatic carbocycles. The van der Waals surface area contributed by atoms with Gasteiger partial charge >= 0.3 is 12.1 Å². The summed E-state index contributed by atoms with van der Waals surface area (Å²) in [7, 11) is -1.49. The molecule has 4 nitrogen and oxygen atoms in total. The number of ether oxygens (including phenoxy) is 1. The van der Waals surface area contributed by atoms with Crippen LogP contribution in [0.3, 0.4) is 0 Å². The Kier molecular flexibility index (Phi) is 11.9. The number of nitrogens with one attached hydrogen (secondary N) is 1. The first-order valence-corrected chi connectivity index (χ1v) is 14.8. The zero-order valence-corrected chi connectivity index (χ0v) is 23.5. The number of benzene rings is 3. The van der Waals surface area contributed by atoms with Crippen LogP contribution in [0, 0.1) is 0 Å². The summed E-state index contributed by atoms with van der Waals surface area (Å²) >= 11 is 0. The SMILES string of the molecule is CC/C(=C(/c1ccc(O)cc1)c1ccc(OCCNCCS(=O)CCCC(F)(F)C(F)(F)F)cc1)c1ccccc1. The number of allylic oxidation sites excluding steroid dienone is 1. The van der Waals surface area contributed by atoms with E-state index < -0.39 is 35.7 Å². The summed E-state index contributed by atoms with van der Waals surface area (Å²) in [6, 6.07) is 25.0. The molecule has 0 spiro atoms. The average molecular weight is 596 g/mol. The van der Waals surface area contributed by atoms with E-state index >= 15 is 0 Å². The highest BCUT2D eigenvalue weighted by atomic mass is 32.2. The normalized spacial score (nSPS) is 13.5. The smallest absolute Gasteiger partial charge is 0.453 e. The molecule has 0 radical (unpaired) electrons. The van der Waals surface area contributed by atoms with Crippen molar-refractivity contribution in [2.75, 3.05) is 31.2 Å². The Morgan fingerprint density at radius 2 is 1.44 bits per heavy atom. The maximum atomic E-state index is 12.9. The van der Waals surface area contributed by atoms with E-state index in [9.17, 15) is 31.3 Å². The second-order valence-electron chi connectivity index (χ2n) is 9.40. The largest absolute Gasteiger partial charge is 0.508 e. The Bertz CT molecular complexity index is 1280. The van der Waals surface area contributed by atoms with Crippen LogP contribution in [0.5, 0.6) is 11.5 Å². The molecule has 0 bridgehead atoms. The van der Waals surface area contributed by atoms with E-state index in [1.807, 2.05) is 54.6 Å². The molecule has 1 atom stereocenters. The van der Waals surface area contributed by atoms with Gasteiger partial charge in [-0.2, -0.15) is 22.0 Å². The Balaban J connectivity index is 1.52. The van der Waals surface area contributed by atoms with Crippen LogP contribution >= 0.6 is 0 Å². The molecule has 1 unspecified atom stereocenters. The van der Waals surface area contributed by atoms with Crippen molar-refractivity contribution in [2.45, 2.75) is 38.3 Å². The molecule has 10 heteroatoms. The fourth-order valence-corrected chi connectivity index (χ4v) is 5.32. The van der Waals surface area contributed by atoms with Crippen LogP contribution in [0.15, 0.2) is 78.9 Å². The molecule has 0 aliphatic heterocycles. The number of alkyl halides is 5. The highest BCUT2D eigenvalue weighted by Gasteiger charge is 2.56. The van der Waals surface area contributed by atoms with Crippen molar-refractivity contribution in [2.24, 2.45) is 0 Å². The summed E-state index contributed by atoms with van der Waals surface area (Å²) in [6.45, 7) is 3.20. The molecule has 3 rings (SSSR count). The highest BCUT2D eigenvalue weighted by Crippen LogP contribution is 2.39. The van der Waals surface area contributed by atoms with Gasteiger partial charge in [0, 0.05) is 41.8 Å². The third-order valence-corrected chi connectivity index (χ3v) is 7.81. The number of phenols is 1. The standard InChI is InChI=1S/C31H34F5NO3S/c1-2-28(23-7-4-3-5-8-23)29(24-9-13-26(38)14-10-24)25-11-15-27(16-12-25)40-20-18-37-19-22-41(39)21-6-17-30(32,33)31(34,35)36/h3-5,7-16,37-38H,2,6,17-22H2,1H3/b29-28+. The van der Waals surface area contributed by atoms with E-state index in [2.05, 4.69) is 24.4 Å². The molecule has 0 aliphatic carbocycles. The van der Waals surface area contributed by atoms with E-state index in [1.165, 1.54) is 5.57 Å². The third kappa shape index (κ3) is 9.67. The van der Waals surface area contributed by atoms with Crippen LogP contribution in [0.25, 0.3) is 11.1 Å². The molecular formula is C31H34F5NO3S. The Morgan fingerprint density at radius 1 is 0.829 bits per heavy atom. The minimum Gasteiger partial charge on any atom is -0.508 e. The van der Waals surface area contributed by atoms with Crippen LogP contribution < -0.4 is 10.1 Å². The second kappa shape index (κ2) is 15.1. The lowest BCUT2D eigenvalue weighted by Crippen LogP contribution is -2.36. The summed E-state index contributed by atoms with van der Waals surface area (Å²) in [5.74, 6) is -3.96. The van der Waals surface area contributed by atoms with Gasteiger partial charge in [-0.1, -0.05) is 61.5 Å². The van der Waals surface area contributed by atoms with E-state index in [0.29, 0.717) is 25.4 Å². The predicted molar refractivity (Wildman–Crippen MR) is 154 cm³/mol. The summed E-state index contributed by atoms with van der Waals surface area (Å²) in [5.41, 5.74) is 5.32. The minimum atomic E-state index is -5.58. The van der Waals surface area contributed by atoms with Gasteiger partial charge in [-0.15, -0.1) is 0 Å². The van der Waals surface area contributed by atoms with Gasteiger partial charge in [-0.25, -0.2) is 0 Å². The van der Waals surface area contributed by atoms with Gasteiger partial charge in [0.15, 0.2) is 0 Å². The molecule has 41 heavy (non-hydrogen) atoms. The maximum absolute atomic E-state index is 12.9. The summed E-state index contributed by atoms with van der Waals surface area (Å²) < 4.78 is 80.1. The van der Waals surface area contributed by atoms with Crippen LogP contribution in [-0.4, -0.2) is 52.6 Å². The first-order chi connectivity index (χ1) is 19.5. The predicted octanol–water partition coefficient (Wildman–Crippen LogP) is 7.46. The monoisotopic (exact) mass is 595 g/mol. The lowest BCUT2D eigenvalue weighted by molar-refractivity contribution is -0.284. The van der Waals surface area contributed by atoms with Crippen molar-refractivity contribution in [3.63, 3.8) is 0 Å². The molecule has 0 heterocycles. The summed E-state index contributed by atoms with van der Waals surface area (Å²) in [4.78, 5) is 0. The van der Waals surface area contributed by atoms with E-state index in [1.54, 1.807) is 12.1 Å². The quantitative estimate of drug-likeness (QED) is 0.109. The number of halogens is 5. The molecule has 222 valence electrons. The summed E-state index contributed by atoms with van der Waals surface area (Å²) in [5, 5.41) is 12.8. The lowest BCUT2D eigenvalue weighted by Gasteiger charge is -2.19. The van der Waals surface area contributed by atoms with Crippen LogP contribution in [0.2, 0.25) is 0 Å². The number of hydrogen-bond donors (Lipinski definition) is 2. The van der Waals surface area contributed by atoms with Crippen molar-refractivity contribution < 1.29 is 36.0 Å². The van der Waals surface area contributed by atoms with Gasteiger partial charge in [0.2, 0.25) is 0 Å². The summed E-state index contributed by atoms with van der Waals surface area (Å²) in [6.07, 6.45) is -6.61. The fraction of sp³-hybridized carbons (Fsp3) is 0.355.